The first-order valence-electron chi connectivity index (χ1n) is 8.77. The number of nitrogens with zero attached hydrogens (tertiary/aromatic N) is 3. The first kappa shape index (κ1) is 16.6. The summed E-state index contributed by atoms with van der Waals surface area (Å²) in [5.41, 5.74) is 3.01. The van der Waals surface area contributed by atoms with Crippen molar-refractivity contribution in [2.45, 2.75) is 25.5 Å². The maximum atomic E-state index is 10.6. The van der Waals surface area contributed by atoms with Crippen LogP contribution in [0, 0.1) is 5.92 Å². The van der Waals surface area contributed by atoms with Gasteiger partial charge in [-0.1, -0.05) is 41.9 Å². The highest BCUT2D eigenvalue weighted by Gasteiger charge is 2.26. The van der Waals surface area contributed by atoms with Crippen LogP contribution < -0.4 is 0 Å². The predicted molar refractivity (Wildman–Crippen MR) is 99.6 cm³/mol. The third-order valence-electron chi connectivity index (χ3n) is 5.07. The Morgan fingerprint density at radius 1 is 1.08 bits per heavy atom. The molecule has 0 saturated carbocycles. The van der Waals surface area contributed by atoms with Crippen molar-refractivity contribution in [3.05, 3.63) is 71.1 Å². The lowest BCUT2D eigenvalue weighted by Crippen LogP contribution is -2.35. The van der Waals surface area contributed by atoms with Gasteiger partial charge in [0.15, 0.2) is 0 Å². The van der Waals surface area contributed by atoms with E-state index in [4.69, 9.17) is 11.6 Å². The van der Waals surface area contributed by atoms with Gasteiger partial charge >= 0.3 is 0 Å². The van der Waals surface area contributed by atoms with Gasteiger partial charge in [-0.2, -0.15) is 0 Å². The topological polar surface area (TPSA) is 40.8 Å². The SMILES string of the molecule is OC(c1ccccc1)C1CCN(Cc2cn3cc(Cl)ccc3n2)CC1. The summed E-state index contributed by atoms with van der Waals surface area (Å²) >= 11 is 6.03. The molecule has 25 heavy (non-hydrogen) atoms. The van der Waals surface area contributed by atoms with Gasteiger partial charge in [0.2, 0.25) is 0 Å². The van der Waals surface area contributed by atoms with E-state index in [9.17, 15) is 5.11 Å². The molecular formula is C20H22ClN3O. The Kier molecular flexibility index (Phi) is 4.75. The second kappa shape index (κ2) is 7.16. The molecule has 3 aromatic rings. The molecule has 2 aromatic heterocycles. The van der Waals surface area contributed by atoms with Crippen molar-refractivity contribution in [3.63, 3.8) is 0 Å². The number of benzene rings is 1. The second-order valence-corrected chi connectivity index (χ2v) is 7.25. The zero-order valence-electron chi connectivity index (χ0n) is 14.1. The van der Waals surface area contributed by atoms with E-state index in [0.29, 0.717) is 10.9 Å². The van der Waals surface area contributed by atoms with Gasteiger partial charge in [0.05, 0.1) is 16.8 Å². The Bertz CT molecular complexity index is 841. The van der Waals surface area contributed by atoms with Gasteiger partial charge in [-0.05, 0) is 49.5 Å². The van der Waals surface area contributed by atoms with Crippen LogP contribution in [0.15, 0.2) is 54.9 Å². The zero-order chi connectivity index (χ0) is 17.2. The Hall–Kier alpha value is -1.88. The van der Waals surface area contributed by atoms with E-state index in [0.717, 1.165) is 49.4 Å². The first-order chi connectivity index (χ1) is 12.2. The Balaban J connectivity index is 1.36. The van der Waals surface area contributed by atoms with Crippen molar-refractivity contribution in [1.29, 1.82) is 0 Å². The highest BCUT2D eigenvalue weighted by Crippen LogP contribution is 2.31. The minimum Gasteiger partial charge on any atom is -0.388 e. The molecule has 1 aliphatic rings. The fourth-order valence-corrected chi connectivity index (χ4v) is 3.84. The maximum absolute atomic E-state index is 10.6. The van der Waals surface area contributed by atoms with Crippen molar-refractivity contribution >= 4 is 17.2 Å². The van der Waals surface area contributed by atoms with Gasteiger partial charge in [-0.25, -0.2) is 4.98 Å². The number of likely N-dealkylation sites (tertiary alicyclic amines) is 1. The number of aliphatic hydroxyl groups is 1. The highest BCUT2D eigenvalue weighted by atomic mass is 35.5. The van der Waals surface area contributed by atoms with Gasteiger partial charge in [-0.3, -0.25) is 4.90 Å². The molecule has 4 nitrogen and oxygen atoms in total. The summed E-state index contributed by atoms with van der Waals surface area (Å²) in [6, 6.07) is 13.8. The van der Waals surface area contributed by atoms with Crippen LogP contribution in [0.1, 0.15) is 30.2 Å². The van der Waals surface area contributed by atoms with E-state index in [1.807, 2.05) is 59.3 Å². The van der Waals surface area contributed by atoms with Crippen molar-refractivity contribution in [1.82, 2.24) is 14.3 Å². The van der Waals surface area contributed by atoms with E-state index < -0.39 is 0 Å². The Morgan fingerprint density at radius 2 is 1.84 bits per heavy atom. The number of rotatable bonds is 4. The molecule has 0 aliphatic carbocycles. The van der Waals surface area contributed by atoms with Crippen LogP contribution >= 0.6 is 11.6 Å². The molecule has 1 aliphatic heterocycles. The fraction of sp³-hybridized carbons (Fsp3) is 0.350. The molecule has 5 heteroatoms. The smallest absolute Gasteiger partial charge is 0.137 e. The molecular weight excluding hydrogens is 334 g/mol. The standard InChI is InChI=1S/C20H22ClN3O/c21-17-6-7-19-22-18(14-24(19)12-17)13-23-10-8-16(9-11-23)20(25)15-4-2-1-3-5-15/h1-7,12,14,16,20,25H,8-11,13H2. The normalized spacial score (nSPS) is 17.8. The second-order valence-electron chi connectivity index (χ2n) is 6.81. The first-order valence-corrected chi connectivity index (χ1v) is 9.15. The van der Waals surface area contributed by atoms with E-state index in [2.05, 4.69) is 9.88 Å². The van der Waals surface area contributed by atoms with E-state index in [1.54, 1.807) is 0 Å². The summed E-state index contributed by atoms with van der Waals surface area (Å²) in [6.45, 7) is 2.82. The van der Waals surface area contributed by atoms with Crippen LogP contribution in [0.3, 0.4) is 0 Å². The van der Waals surface area contributed by atoms with Gasteiger partial charge in [0, 0.05) is 18.9 Å². The quantitative estimate of drug-likeness (QED) is 0.770. The van der Waals surface area contributed by atoms with Gasteiger partial charge in [0.25, 0.3) is 0 Å². The molecule has 1 atom stereocenters. The summed E-state index contributed by atoms with van der Waals surface area (Å²) in [5.74, 6) is 0.332. The predicted octanol–water partition coefficient (Wildman–Crippen LogP) is 3.93. The maximum Gasteiger partial charge on any atom is 0.137 e. The minimum absolute atomic E-state index is 0.332. The number of imidazole rings is 1. The number of halogens is 1. The van der Waals surface area contributed by atoms with Crippen molar-refractivity contribution in [3.8, 4) is 0 Å². The molecule has 0 spiro atoms. The van der Waals surface area contributed by atoms with Gasteiger partial charge in [-0.15, -0.1) is 0 Å². The molecule has 130 valence electrons. The molecule has 0 amide bonds. The lowest BCUT2D eigenvalue weighted by molar-refractivity contribution is 0.0565. The number of fused-ring (bicyclic) bond motifs is 1. The highest BCUT2D eigenvalue weighted by molar-refractivity contribution is 6.30. The van der Waals surface area contributed by atoms with Gasteiger partial charge < -0.3 is 9.51 Å². The largest absolute Gasteiger partial charge is 0.388 e. The summed E-state index contributed by atoms with van der Waals surface area (Å²) in [5, 5.41) is 11.3. The van der Waals surface area contributed by atoms with Crippen LogP contribution in [-0.2, 0) is 6.54 Å². The molecule has 3 heterocycles. The monoisotopic (exact) mass is 355 g/mol. The molecule has 1 fully saturated rings. The third-order valence-corrected chi connectivity index (χ3v) is 5.29. The Labute approximate surface area is 152 Å². The summed E-state index contributed by atoms with van der Waals surface area (Å²) in [4.78, 5) is 7.08. The average molecular weight is 356 g/mol. The summed E-state index contributed by atoms with van der Waals surface area (Å²) in [7, 11) is 0. The zero-order valence-corrected chi connectivity index (χ0v) is 14.8. The summed E-state index contributed by atoms with van der Waals surface area (Å²) < 4.78 is 1.98. The molecule has 0 radical (unpaired) electrons. The van der Waals surface area contributed by atoms with Crippen LogP contribution in [0.25, 0.3) is 5.65 Å². The van der Waals surface area contributed by atoms with Crippen molar-refractivity contribution in [2.75, 3.05) is 13.1 Å². The van der Waals surface area contributed by atoms with Crippen LogP contribution in [-0.4, -0.2) is 32.5 Å². The molecule has 1 saturated heterocycles. The lowest BCUT2D eigenvalue weighted by atomic mass is 9.87. The molecule has 1 N–H and O–H groups in total. The van der Waals surface area contributed by atoms with Crippen LogP contribution in [0.4, 0.5) is 0 Å². The molecule has 1 aromatic carbocycles. The number of hydrogen-bond acceptors (Lipinski definition) is 3. The minimum atomic E-state index is -0.360. The number of aromatic nitrogens is 2. The van der Waals surface area contributed by atoms with E-state index >= 15 is 0 Å². The van der Waals surface area contributed by atoms with Crippen LogP contribution in [0.2, 0.25) is 5.02 Å². The van der Waals surface area contributed by atoms with E-state index in [-0.39, 0.29) is 6.10 Å². The molecule has 4 rings (SSSR count). The third kappa shape index (κ3) is 3.71. The van der Waals surface area contributed by atoms with Gasteiger partial charge in [0.1, 0.15) is 5.65 Å². The van der Waals surface area contributed by atoms with Crippen molar-refractivity contribution in [2.24, 2.45) is 5.92 Å². The van der Waals surface area contributed by atoms with Crippen molar-refractivity contribution < 1.29 is 5.11 Å². The lowest BCUT2D eigenvalue weighted by Gasteiger charge is -2.34. The average Bonchev–Trinajstić information content (AvgIpc) is 3.04. The molecule has 0 bridgehead atoms. The number of aliphatic hydroxyl groups excluding tert-OH is 1. The van der Waals surface area contributed by atoms with Crippen LogP contribution in [0.5, 0.6) is 0 Å². The molecule has 1 unspecified atom stereocenters. The fourth-order valence-electron chi connectivity index (χ4n) is 3.67. The number of piperidine rings is 1. The number of pyridine rings is 1. The Morgan fingerprint density at radius 3 is 2.60 bits per heavy atom. The number of hydrogen-bond donors (Lipinski definition) is 1. The van der Waals surface area contributed by atoms with E-state index in [1.165, 1.54) is 0 Å². The summed E-state index contributed by atoms with van der Waals surface area (Å²) in [6.07, 6.45) is 5.59.